The average molecular weight is 236 g/mol. The summed E-state index contributed by atoms with van der Waals surface area (Å²) < 4.78 is 2.09. The van der Waals surface area contributed by atoms with Crippen molar-refractivity contribution in [2.75, 3.05) is 5.73 Å². The lowest BCUT2D eigenvalue weighted by Gasteiger charge is -2.08. The Balaban J connectivity index is 2.46. The van der Waals surface area contributed by atoms with E-state index in [9.17, 15) is 0 Å². The van der Waals surface area contributed by atoms with E-state index in [4.69, 9.17) is 17.3 Å². The zero-order valence-electron chi connectivity index (χ0n) is 9.15. The number of nitrogens with zero attached hydrogens (tertiary/aromatic N) is 2. The number of anilines is 1. The van der Waals surface area contributed by atoms with Crippen molar-refractivity contribution in [1.29, 1.82) is 0 Å². The molecule has 2 aromatic rings. The highest BCUT2D eigenvalue weighted by Gasteiger charge is 2.09. The van der Waals surface area contributed by atoms with Gasteiger partial charge in [0, 0.05) is 30.2 Å². The number of hydrogen-bond acceptors (Lipinski definition) is 2. The number of rotatable bonds is 3. The molecule has 0 saturated heterocycles. The fourth-order valence-electron chi connectivity index (χ4n) is 1.69. The van der Waals surface area contributed by atoms with Gasteiger partial charge in [-0.15, -0.1) is 0 Å². The highest BCUT2D eigenvalue weighted by atomic mass is 35.5. The molecule has 1 heterocycles. The van der Waals surface area contributed by atoms with Crippen molar-refractivity contribution in [3.05, 3.63) is 35.6 Å². The van der Waals surface area contributed by atoms with E-state index in [2.05, 4.69) is 16.5 Å². The van der Waals surface area contributed by atoms with Gasteiger partial charge in [-0.25, -0.2) is 4.98 Å². The summed E-state index contributed by atoms with van der Waals surface area (Å²) in [7, 11) is 0. The lowest BCUT2D eigenvalue weighted by molar-refractivity contribution is 0.685. The summed E-state index contributed by atoms with van der Waals surface area (Å²) in [6.45, 7) is 3.07. The second-order valence-corrected chi connectivity index (χ2v) is 4.09. The molecule has 2 N–H and O–H groups in total. The van der Waals surface area contributed by atoms with Crippen molar-refractivity contribution in [2.45, 2.75) is 19.9 Å². The molecule has 0 aliphatic rings. The molecule has 0 radical (unpaired) electrons. The van der Waals surface area contributed by atoms with Crippen LogP contribution in [0.25, 0.3) is 11.4 Å². The molecule has 0 fully saturated rings. The van der Waals surface area contributed by atoms with Crippen LogP contribution in [0.3, 0.4) is 0 Å². The van der Waals surface area contributed by atoms with E-state index in [-0.39, 0.29) is 0 Å². The molecule has 1 aromatic carbocycles. The molecule has 0 unspecified atom stereocenters. The number of aromatic nitrogens is 2. The highest BCUT2D eigenvalue weighted by molar-refractivity contribution is 6.33. The smallest absolute Gasteiger partial charge is 0.141 e. The van der Waals surface area contributed by atoms with E-state index in [1.807, 2.05) is 18.3 Å². The molecule has 84 valence electrons. The van der Waals surface area contributed by atoms with E-state index in [1.165, 1.54) is 0 Å². The molecule has 0 saturated carbocycles. The maximum atomic E-state index is 6.16. The van der Waals surface area contributed by atoms with Crippen molar-refractivity contribution in [1.82, 2.24) is 9.55 Å². The summed E-state index contributed by atoms with van der Waals surface area (Å²) in [6.07, 6.45) is 4.82. The molecule has 16 heavy (non-hydrogen) atoms. The largest absolute Gasteiger partial charge is 0.399 e. The molecule has 3 nitrogen and oxygen atoms in total. The van der Waals surface area contributed by atoms with Gasteiger partial charge < -0.3 is 10.3 Å². The first-order valence-electron chi connectivity index (χ1n) is 5.29. The minimum absolute atomic E-state index is 0.642. The minimum atomic E-state index is 0.642. The van der Waals surface area contributed by atoms with E-state index in [0.29, 0.717) is 10.7 Å². The van der Waals surface area contributed by atoms with Crippen molar-refractivity contribution < 1.29 is 0 Å². The van der Waals surface area contributed by atoms with Gasteiger partial charge in [0.1, 0.15) is 5.82 Å². The molecule has 0 bridgehead atoms. The Morgan fingerprint density at radius 3 is 2.94 bits per heavy atom. The predicted molar refractivity (Wildman–Crippen MR) is 67.4 cm³/mol. The molecule has 0 aliphatic heterocycles. The molecule has 0 spiro atoms. The SMILES string of the molecule is CCCn1ccnc1-c1ccc(N)cc1Cl. The molecular formula is C12H14ClN3. The number of aryl methyl sites for hydroxylation is 1. The lowest BCUT2D eigenvalue weighted by Crippen LogP contribution is -1.99. The van der Waals surface area contributed by atoms with Gasteiger partial charge in [0.2, 0.25) is 0 Å². The van der Waals surface area contributed by atoms with Crippen LogP contribution >= 0.6 is 11.6 Å². The number of benzene rings is 1. The van der Waals surface area contributed by atoms with Crippen LogP contribution in [-0.2, 0) is 6.54 Å². The number of halogens is 1. The van der Waals surface area contributed by atoms with E-state index in [1.54, 1.807) is 12.3 Å². The van der Waals surface area contributed by atoms with Crippen LogP contribution in [0.2, 0.25) is 5.02 Å². The first-order chi connectivity index (χ1) is 7.72. The number of nitrogen functional groups attached to an aromatic ring is 1. The first kappa shape index (κ1) is 11.0. The predicted octanol–water partition coefficient (Wildman–Crippen LogP) is 3.20. The van der Waals surface area contributed by atoms with Crippen LogP contribution in [0.15, 0.2) is 30.6 Å². The van der Waals surface area contributed by atoms with E-state index >= 15 is 0 Å². The van der Waals surface area contributed by atoms with Gasteiger partial charge in [-0.3, -0.25) is 0 Å². The monoisotopic (exact) mass is 235 g/mol. The molecule has 4 heteroatoms. The molecule has 0 amide bonds. The van der Waals surface area contributed by atoms with Gasteiger partial charge in [0.15, 0.2) is 0 Å². The second kappa shape index (κ2) is 4.58. The standard InChI is InChI=1S/C12H14ClN3/c1-2-6-16-7-5-15-12(16)10-4-3-9(14)8-11(10)13/h3-5,7-8H,2,6,14H2,1H3. The topological polar surface area (TPSA) is 43.8 Å². The van der Waals surface area contributed by atoms with Gasteiger partial charge in [0.05, 0.1) is 5.02 Å². The fraction of sp³-hybridized carbons (Fsp3) is 0.250. The summed E-state index contributed by atoms with van der Waals surface area (Å²) in [5.41, 5.74) is 7.26. The maximum Gasteiger partial charge on any atom is 0.141 e. The van der Waals surface area contributed by atoms with Crippen molar-refractivity contribution in [2.24, 2.45) is 0 Å². The molecule has 0 atom stereocenters. The third-order valence-electron chi connectivity index (χ3n) is 2.41. The zero-order chi connectivity index (χ0) is 11.5. The number of imidazole rings is 1. The van der Waals surface area contributed by atoms with Crippen LogP contribution in [-0.4, -0.2) is 9.55 Å². The van der Waals surface area contributed by atoms with Crippen molar-refractivity contribution in [3.8, 4) is 11.4 Å². The van der Waals surface area contributed by atoms with Crippen LogP contribution in [0.1, 0.15) is 13.3 Å². The Hall–Kier alpha value is -1.48. The Morgan fingerprint density at radius 2 is 2.25 bits per heavy atom. The first-order valence-corrected chi connectivity index (χ1v) is 5.66. The summed E-state index contributed by atoms with van der Waals surface area (Å²) >= 11 is 6.16. The fourth-order valence-corrected chi connectivity index (χ4v) is 1.96. The molecular weight excluding hydrogens is 222 g/mol. The third kappa shape index (κ3) is 2.04. The van der Waals surface area contributed by atoms with Gasteiger partial charge in [-0.05, 0) is 24.6 Å². The summed E-state index contributed by atoms with van der Waals surface area (Å²) in [5.74, 6) is 0.895. The molecule has 1 aromatic heterocycles. The third-order valence-corrected chi connectivity index (χ3v) is 2.73. The van der Waals surface area contributed by atoms with Gasteiger partial charge in [0.25, 0.3) is 0 Å². The number of hydrogen-bond donors (Lipinski definition) is 1. The van der Waals surface area contributed by atoms with Gasteiger partial charge in [-0.1, -0.05) is 18.5 Å². The van der Waals surface area contributed by atoms with Crippen LogP contribution in [0, 0.1) is 0 Å². The Morgan fingerprint density at radius 1 is 1.44 bits per heavy atom. The van der Waals surface area contributed by atoms with Gasteiger partial charge >= 0.3 is 0 Å². The normalized spacial score (nSPS) is 10.6. The Labute approximate surface area is 99.9 Å². The summed E-state index contributed by atoms with van der Waals surface area (Å²) in [6, 6.07) is 5.50. The van der Waals surface area contributed by atoms with Crippen LogP contribution in [0.5, 0.6) is 0 Å². The second-order valence-electron chi connectivity index (χ2n) is 3.68. The quantitative estimate of drug-likeness (QED) is 0.831. The van der Waals surface area contributed by atoms with E-state index in [0.717, 1.165) is 24.4 Å². The number of nitrogens with two attached hydrogens (primary N) is 1. The van der Waals surface area contributed by atoms with Gasteiger partial charge in [-0.2, -0.15) is 0 Å². The van der Waals surface area contributed by atoms with Crippen LogP contribution in [0.4, 0.5) is 5.69 Å². The maximum absolute atomic E-state index is 6.16. The Kier molecular flexibility index (Phi) is 3.15. The summed E-state index contributed by atoms with van der Waals surface area (Å²) in [4.78, 5) is 4.33. The lowest BCUT2D eigenvalue weighted by atomic mass is 10.2. The average Bonchev–Trinajstić information content (AvgIpc) is 2.67. The zero-order valence-corrected chi connectivity index (χ0v) is 9.91. The highest BCUT2D eigenvalue weighted by Crippen LogP contribution is 2.28. The molecule has 0 aliphatic carbocycles. The van der Waals surface area contributed by atoms with E-state index < -0.39 is 0 Å². The minimum Gasteiger partial charge on any atom is -0.399 e. The van der Waals surface area contributed by atoms with Crippen LogP contribution < -0.4 is 5.73 Å². The molecule has 2 rings (SSSR count). The Bertz CT molecular complexity index is 491. The van der Waals surface area contributed by atoms with Crippen molar-refractivity contribution in [3.63, 3.8) is 0 Å². The summed E-state index contributed by atoms with van der Waals surface area (Å²) in [5, 5.41) is 0.642. The van der Waals surface area contributed by atoms with Crippen molar-refractivity contribution >= 4 is 17.3 Å².